The lowest BCUT2D eigenvalue weighted by Crippen LogP contribution is -2.47. The van der Waals surface area contributed by atoms with Crippen molar-refractivity contribution in [2.24, 2.45) is 5.73 Å². The van der Waals surface area contributed by atoms with Crippen molar-refractivity contribution in [3.8, 4) is 0 Å². The van der Waals surface area contributed by atoms with Crippen LogP contribution >= 0.6 is 0 Å². The molecule has 0 aliphatic carbocycles. The van der Waals surface area contributed by atoms with Gasteiger partial charge in [-0.15, -0.1) is 0 Å². The quantitative estimate of drug-likeness (QED) is 0.858. The fraction of sp³-hybridized carbons (Fsp3) is 0.538. The Hall–Kier alpha value is -0.950. The Morgan fingerprint density at radius 3 is 2.37 bits per heavy atom. The first-order valence-electron chi connectivity index (χ1n) is 6.44. The summed E-state index contributed by atoms with van der Waals surface area (Å²) < 4.78 is 24.4. The standard InChI is InChI=1S/C13H21N3O2S/c1-19(17,18)16-7-5-15(6-8-16)11-13-4-2-3-12(9-13)10-14/h2-4,9H,5-8,10-11,14H2,1H3. The van der Waals surface area contributed by atoms with Crippen LogP contribution in [0.15, 0.2) is 24.3 Å². The van der Waals surface area contributed by atoms with Crippen LogP contribution in [0.2, 0.25) is 0 Å². The van der Waals surface area contributed by atoms with Gasteiger partial charge in [-0.25, -0.2) is 8.42 Å². The summed E-state index contributed by atoms with van der Waals surface area (Å²) in [5.74, 6) is 0. The molecule has 5 nitrogen and oxygen atoms in total. The van der Waals surface area contributed by atoms with Gasteiger partial charge in [0.15, 0.2) is 0 Å². The summed E-state index contributed by atoms with van der Waals surface area (Å²) in [4.78, 5) is 2.28. The predicted molar refractivity (Wildman–Crippen MR) is 76.0 cm³/mol. The Balaban J connectivity index is 1.92. The van der Waals surface area contributed by atoms with Crippen molar-refractivity contribution >= 4 is 10.0 Å². The summed E-state index contributed by atoms with van der Waals surface area (Å²) in [5.41, 5.74) is 7.99. The third kappa shape index (κ3) is 4.01. The van der Waals surface area contributed by atoms with Crippen molar-refractivity contribution in [1.29, 1.82) is 0 Å². The van der Waals surface area contributed by atoms with E-state index in [0.29, 0.717) is 19.6 Å². The minimum atomic E-state index is -3.04. The van der Waals surface area contributed by atoms with Crippen molar-refractivity contribution in [3.63, 3.8) is 0 Å². The van der Waals surface area contributed by atoms with E-state index in [1.54, 1.807) is 4.31 Å². The highest BCUT2D eigenvalue weighted by atomic mass is 32.2. The Morgan fingerprint density at radius 2 is 1.79 bits per heavy atom. The van der Waals surface area contributed by atoms with Gasteiger partial charge >= 0.3 is 0 Å². The maximum atomic E-state index is 11.4. The number of sulfonamides is 1. The van der Waals surface area contributed by atoms with Crippen molar-refractivity contribution < 1.29 is 8.42 Å². The zero-order valence-electron chi connectivity index (χ0n) is 11.2. The van der Waals surface area contributed by atoms with Crippen LogP contribution in [-0.2, 0) is 23.1 Å². The summed E-state index contributed by atoms with van der Waals surface area (Å²) in [6, 6.07) is 8.24. The molecule has 0 amide bonds. The third-order valence-electron chi connectivity index (χ3n) is 3.43. The van der Waals surface area contributed by atoms with Crippen LogP contribution in [0.25, 0.3) is 0 Å². The molecular weight excluding hydrogens is 262 g/mol. The molecule has 1 fully saturated rings. The SMILES string of the molecule is CS(=O)(=O)N1CCN(Cc2cccc(CN)c2)CC1. The molecule has 0 spiro atoms. The molecule has 1 heterocycles. The number of nitrogens with two attached hydrogens (primary N) is 1. The molecule has 2 N–H and O–H groups in total. The Morgan fingerprint density at radius 1 is 1.16 bits per heavy atom. The van der Waals surface area contributed by atoms with Gasteiger partial charge in [0.2, 0.25) is 10.0 Å². The van der Waals surface area contributed by atoms with E-state index in [9.17, 15) is 8.42 Å². The lowest BCUT2D eigenvalue weighted by molar-refractivity contribution is 0.182. The van der Waals surface area contributed by atoms with Gasteiger partial charge in [0.1, 0.15) is 0 Å². The Bertz CT molecular complexity index is 522. The van der Waals surface area contributed by atoms with E-state index in [0.717, 1.165) is 25.2 Å². The second-order valence-corrected chi connectivity index (χ2v) is 6.94. The van der Waals surface area contributed by atoms with E-state index in [-0.39, 0.29) is 0 Å². The van der Waals surface area contributed by atoms with Crippen LogP contribution in [-0.4, -0.2) is 50.1 Å². The summed E-state index contributed by atoms with van der Waals surface area (Å²) in [5, 5.41) is 0. The highest BCUT2D eigenvalue weighted by Gasteiger charge is 2.23. The minimum Gasteiger partial charge on any atom is -0.326 e. The second-order valence-electron chi connectivity index (χ2n) is 4.96. The van der Waals surface area contributed by atoms with Crippen LogP contribution in [0.1, 0.15) is 11.1 Å². The van der Waals surface area contributed by atoms with Gasteiger partial charge in [0.05, 0.1) is 6.26 Å². The van der Waals surface area contributed by atoms with E-state index < -0.39 is 10.0 Å². The summed E-state index contributed by atoms with van der Waals surface area (Å²) in [6.45, 7) is 4.12. The average Bonchev–Trinajstić information content (AvgIpc) is 2.38. The molecule has 1 saturated heterocycles. The highest BCUT2D eigenvalue weighted by molar-refractivity contribution is 7.88. The fourth-order valence-electron chi connectivity index (χ4n) is 2.33. The molecule has 0 bridgehead atoms. The first-order valence-corrected chi connectivity index (χ1v) is 8.29. The molecule has 6 heteroatoms. The number of piperazine rings is 1. The molecule has 0 atom stereocenters. The molecule has 1 aliphatic rings. The molecule has 106 valence electrons. The monoisotopic (exact) mass is 283 g/mol. The summed E-state index contributed by atoms with van der Waals surface area (Å²) >= 11 is 0. The van der Waals surface area contributed by atoms with Gasteiger partial charge < -0.3 is 5.73 Å². The first kappa shape index (κ1) is 14.5. The fourth-order valence-corrected chi connectivity index (χ4v) is 3.16. The number of nitrogens with zero attached hydrogens (tertiary/aromatic N) is 2. The Labute approximate surface area is 115 Å². The van der Waals surface area contributed by atoms with Crippen molar-refractivity contribution in [3.05, 3.63) is 35.4 Å². The predicted octanol–water partition coefficient (Wildman–Crippen LogP) is 0.223. The van der Waals surface area contributed by atoms with Crippen LogP contribution in [0.4, 0.5) is 0 Å². The normalized spacial score (nSPS) is 18.6. The van der Waals surface area contributed by atoms with E-state index in [1.165, 1.54) is 11.8 Å². The highest BCUT2D eigenvalue weighted by Crippen LogP contribution is 2.12. The molecule has 1 aliphatic heterocycles. The molecular formula is C13H21N3O2S. The molecule has 0 unspecified atom stereocenters. The van der Waals surface area contributed by atoms with Crippen LogP contribution in [0.5, 0.6) is 0 Å². The maximum Gasteiger partial charge on any atom is 0.211 e. The van der Waals surface area contributed by atoms with E-state index in [1.807, 2.05) is 12.1 Å². The molecule has 1 aromatic carbocycles. The van der Waals surface area contributed by atoms with Crippen molar-refractivity contribution in [2.75, 3.05) is 32.4 Å². The summed E-state index contributed by atoms with van der Waals surface area (Å²) in [7, 11) is -3.04. The van der Waals surface area contributed by atoms with E-state index in [4.69, 9.17) is 5.73 Å². The van der Waals surface area contributed by atoms with Gasteiger partial charge in [0.25, 0.3) is 0 Å². The lowest BCUT2D eigenvalue weighted by atomic mass is 10.1. The third-order valence-corrected chi connectivity index (χ3v) is 4.74. The molecule has 19 heavy (non-hydrogen) atoms. The number of rotatable bonds is 4. The molecule has 2 rings (SSSR count). The Kier molecular flexibility index (Phi) is 4.57. The number of hydrogen-bond donors (Lipinski definition) is 1. The first-order chi connectivity index (χ1) is 8.99. The lowest BCUT2D eigenvalue weighted by Gasteiger charge is -2.33. The van der Waals surface area contributed by atoms with Crippen molar-refractivity contribution in [1.82, 2.24) is 9.21 Å². The average molecular weight is 283 g/mol. The van der Waals surface area contributed by atoms with Gasteiger partial charge in [-0.3, -0.25) is 4.90 Å². The second kappa shape index (κ2) is 6.00. The van der Waals surface area contributed by atoms with E-state index >= 15 is 0 Å². The van der Waals surface area contributed by atoms with E-state index in [2.05, 4.69) is 17.0 Å². The van der Waals surface area contributed by atoms with Gasteiger partial charge in [-0.2, -0.15) is 4.31 Å². The molecule has 0 saturated carbocycles. The van der Waals surface area contributed by atoms with Crippen molar-refractivity contribution in [2.45, 2.75) is 13.1 Å². The van der Waals surface area contributed by atoms with Gasteiger partial charge in [0, 0.05) is 39.3 Å². The van der Waals surface area contributed by atoms with Crippen LogP contribution in [0.3, 0.4) is 0 Å². The summed E-state index contributed by atoms with van der Waals surface area (Å²) in [6.07, 6.45) is 1.27. The van der Waals surface area contributed by atoms with Gasteiger partial charge in [-0.05, 0) is 11.1 Å². The van der Waals surface area contributed by atoms with Crippen LogP contribution < -0.4 is 5.73 Å². The smallest absolute Gasteiger partial charge is 0.211 e. The molecule has 0 radical (unpaired) electrons. The zero-order valence-corrected chi connectivity index (χ0v) is 12.1. The maximum absolute atomic E-state index is 11.4. The molecule has 0 aromatic heterocycles. The number of hydrogen-bond acceptors (Lipinski definition) is 4. The minimum absolute atomic E-state index is 0.551. The van der Waals surface area contributed by atoms with Gasteiger partial charge in [-0.1, -0.05) is 24.3 Å². The number of benzene rings is 1. The van der Waals surface area contributed by atoms with Crippen LogP contribution in [0, 0.1) is 0 Å². The molecule has 1 aromatic rings. The largest absolute Gasteiger partial charge is 0.326 e. The topological polar surface area (TPSA) is 66.6 Å². The zero-order chi connectivity index (χ0) is 13.9.